The summed E-state index contributed by atoms with van der Waals surface area (Å²) >= 11 is 3.65. The van der Waals surface area contributed by atoms with Gasteiger partial charge in [-0.25, -0.2) is 0 Å². The lowest BCUT2D eigenvalue weighted by Crippen LogP contribution is -2.25. The van der Waals surface area contributed by atoms with Crippen molar-refractivity contribution < 1.29 is 0 Å². The third-order valence-electron chi connectivity index (χ3n) is 3.87. The summed E-state index contributed by atoms with van der Waals surface area (Å²) in [5.41, 5.74) is 1.16. The Kier molecular flexibility index (Phi) is 9.12. The number of unbranched alkanes of at least 4 members (excludes halogenated alkanes) is 1. The van der Waals surface area contributed by atoms with Crippen LogP contribution < -0.4 is 5.32 Å². The highest BCUT2D eigenvalue weighted by atomic mass is 79.9. The van der Waals surface area contributed by atoms with Crippen LogP contribution in [0.15, 0.2) is 22.8 Å². The van der Waals surface area contributed by atoms with Crippen molar-refractivity contribution in [1.82, 2.24) is 10.3 Å². The summed E-state index contributed by atoms with van der Waals surface area (Å²) in [6.45, 7) is 7.85. The van der Waals surface area contributed by atoms with E-state index in [-0.39, 0.29) is 0 Å². The first kappa shape index (κ1) is 17.6. The van der Waals surface area contributed by atoms with E-state index in [9.17, 15) is 0 Å². The Morgan fingerprint density at radius 1 is 1.25 bits per heavy atom. The molecule has 20 heavy (non-hydrogen) atoms. The van der Waals surface area contributed by atoms with Gasteiger partial charge in [-0.15, -0.1) is 0 Å². The summed E-state index contributed by atoms with van der Waals surface area (Å²) in [6, 6.07) is 4.45. The fourth-order valence-electron chi connectivity index (χ4n) is 2.58. The zero-order valence-electron chi connectivity index (χ0n) is 13.2. The van der Waals surface area contributed by atoms with Gasteiger partial charge in [0.2, 0.25) is 0 Å². The maximum absolute atomic E-state index is 4.59. The Morgan fingerprint density at radius 2 is 2.05 bits per heavy atom. The molecule has 0 amide bonds. The molecule has 3 heteroatoms. The van der Waals surface area contributed by atoms with Crippen molar-refractivity contribution in [2.24, 2.45) is 5.92 Å². The molecule has 1 aromatic heterocycles. The lowest BCUT2D eigenvalue weighted by Gasteiger charge is -2.24. The average molecular weight is 341 g/mol. The largest absolute Gasteiger partial charge is 0.309 e. The Labute approximate surface area is 132 Å². The second-order valence-corrected chi connectivity index (χ2v) is 6.38. The predicted octanol–water partition coefficient (Wildman–Crippen LogP) is 5.49. The second kappa shape index (κ2) is 10.3. The first-order valence-electron chi connectivity index (χ1n) is 8.06. The molecule has 0 aliphatic heterocycles. The van der Waals surface area contributed by atoms with E-state index < -0.39 is 0 Å². The van der Waals surface area contributed by atoms with E-state index in [0.717, 1.165) is 29.1 Å². The molecule has 2 atom stereocenters. The standard InChI is InChI=1S/C17H29BrN2/c1-4-7-9-14(6-3)13-16(19-11-5-2)17-15(18)10-8-12-20-17/h8,10,12,14,16,19H,4-7,9,11,13H2,1-3H3. The predicted molar refractivity (Wildman–Crippen MR) is 90.9 cm³/mol. The summed E-state index contributed by atoms with van der Waals surface area (Å²) in [7, 11) is 0. The number of nitrogens with zero attached hydrogens (tertiary/aromatic N) is 1. The highest BCUT2D eigenvalue weighted by molar-refractivity contribution is 9.10. The number of halogens is 1. The zero-order valence-corrected chi connectivity index (χ0v) is 14.7. The minimum absolute atomic E-state index is 0.368. The molecule has 114 valence electrons. The highest BCUT2D eigenvalue weighted by Gasteiger charge is 2.19. The van der Waals surface area contributed by atoms with E-state index in [2.05, 4.69) is 53.1 Å². The van der Waals surface area contributed by atoms with E-state index in [1.807, 2.05) is 12.3 Å². The normalized spacial score (nSPS) is 14.2. The van der Waals surface area contributed by atoms with Crippen molar-refractivity contribution in [3.05, 3.63) is 28.5 Å². The van der Waals surface area contributed by atoms with E-state index >= 15 is 0 Å². The molecule has 1 heterocycles. The van der Waals surface area contributed by atoms with E-state index in [4.69, 9.17) is 0 Å². The Balaban J connectivity index is 2.75. The molecule has 0 bridgehead atoms. The van der Waals surface area contributed by atoms with Crippen molar-refractivity contribution in [3.63, 3.8) is 0 Å². The molecule has 1 rings (SSSR count). The van der Waals surface area contributed by atoms with Gasteiger partial charge in [0.15, 0.2) is 0 Å². The maximum Gasteiger partial charge on any atom is 0.0714 e. The fourth-order valence-corrected chi connectivity index (χ4v) is 3.11. The highest BCUT2D eigenvalue weighted by Crippen LogP contribution is 2.29. The molecule has 0 aromatic carbocycles. The summed E-state index contributed by atoms with van der Waals surface area (Å²) in [5.74, 6) is 0.790. The molecular formula is C17H29BrN2. The van der Waals surface area contributed by atoms with E-state index in [0.29, 0.717) is 6.04 Å². The number of nitrogens with one attached hydrogen (secondary N) is 1. The fraction of sp³-hybridized carbons (Fsp3) is 0.706. The van der Waals surface area contributed by atoms with Gasteiger partial charge < -0.3 is 5.32 Å². The average Bonchev–Trinajstić information content (AvgIpc) is 2.47. The molecule has 0 saturated carbocycles. The van der Waals surface area contributed by atoms with Crippen LogP contribution >= 0.6 is 15.9 Å². The van der Waals surface area contributed by atoms with Crippen LogP contribution in [0.3, 0.4) is 0 Å². The molecule has 1 N–H and O–H groups in total. The van der Waals surface area contributed by atoms with E-state index in [1.54, 1.807) is 0 Å². The van der Waals surface area contributed by atoms with Gasteiger partial charge in [0.25, 0.3) is 0 Å². The van der Waals surface area contributed by atoms with Gasteiger partial charge in [-0.3, -0.25) is 4.98 Å². The smallest absolute Gasteiger partial charge is 0.0714 e. The van der Waals surface area contributed by atoms with Crippen LogP contribution in [0.25, 0.3) is 0 Å². The van der Waals surface area contributed by atoms with Gasteiger partial charge in [-0.1, -0.05) is 46.5 Å². The summed E-state index contributed by atoms with van der Waals surface area (Å²) in [5, 5.41) is 3.68. The van der Waals surface area contributed by atoms with Gasteiger partial charge in [0.05, 0.1) is 11.7 Å². The zero-order chi connectivity index (χ0) is 14.8. The lowest BCUT2D eigenvalue weighted by molar-refractivity contribution is 0.349. The Morgan fingerprint density at radius 3 is 2.65 bits per heavy atom. The molecule has 0 aliphatic rings. The number of rotatable bonds is 10. The molecule has 2 unspecified atom stereocenters. The van der Waals surface area contributed by atoms with Crippen molar-refractivity contribution in [2.45, 2.75) is 65.3 Å². The third-order valence-corrected chi connectivity index (χ3v) is 4.54. The molecule has 0 saturated heterocycles. The molecule has 0 spiro atoms. The number of hydrogen-bond acceptors (Lipinski definition) is 2. The van der Waals surface area contributed by atoms with Crippen molar-refractivity contribution in [2.75, 3.05) is 6.54 Å². The second-order valence-electron chi connectivity index (χ2n) is 5.53. The van der Waals surface area contributed by atoms with Crippen molar-refractivity contribution in [1.29, 1.82) is 0 Å². The van der Waals surface area contributed by atoms with E-state index in [1.165, 1.54) is 32.1 Å². The number of aromatic nitrogens is 1. The lowest BCUT2D eigenvalue weighted by atomic mass is 9.90. The Bertz CT molecular complexity index is 368. The minimum Gasteiger partial charge on any atom is -0.309 e. The monoisotopic (exact) mass is 340 g/mol. The number of hydrogen-bond donors (Lipinski definition) is 1. The summed E-state index contributed by atoms with van der Waals surface area (Å²) < 4.78 is 1.12. The third kappa shape index (κ3) is 5.92. The van der Waals surface area contributed by atoms with Gasteiger partial charge >= 0.3 is 0 Å². The van der Waals surface area contributed by atoms with Gasteiger partial charge in [0, 0.05) is 10.7 Å². The first-order chi connectivity index (χ1) is 9.72. The summed E-state index contributed by atoms with van der Waals surface area (Å²) in [4.78, 5) is 4.59. The maximum atomic E-state index is 4.59. The minimum atomic E-state index is 0.368. The Hall–Kier alpha value is -0.410. The van der Waals surface area contributed by atoms with Crippen LogP contribution in [0.1, 0.15) is 71.0 Å². The molecule has 0 fully saturated rings. The molecule has 1 aromatic rings. The van der Waals surface area contributed by atoms with Crippen LogP contribution in [0.4, 0.5) is 0 Å². The number of pyridine rings is 1. The summed E-state index contributed by atoms with van der Waals surface area (Å²) in [6.07, 6.45) is 9.46. The van der Waals surface area contributed by atoms with Crippen LogP contribution in [0.5, 0.6) is 0 Å². The van der Waals surface area contributed by atoms with Crippen LogP contribution in [0.2, 0.25) is 0 Å². The van der Waals surface area contributed by atoms with Crippen LogP contribution in [-0.4, -0.2) is 11.5 Å². The molecular weight excluding hydrogens is 312 g/mol. The van der Waals surface area contributed by atoms with Crippen molar-refractivity contribution in [3.8, 4) is 0 Å². The van der Waals surface area contributed by atoms with Gasteiger partial charge in [0.1, 0.15) is 0 Å². The quantitative estimate of drug-likeness (QED) is 0.608. The first-order valence-corrected chi connectivity index (χ1v) is 8.85. The van der Waals surface area contributed by atoms with Crippen LogP contribution in [-0.2, 0) is 0 Å². The topological polar surface area (TPSA) is 24.9 Å². The van der Waals surface area contributed by atoms with Crippen LogP contribution in [0, 0.1) is 5.92 Å². The van der Waals surface area contributed by atoms with Gasteiger partial charge in [-0.05, 0) is 53.4 Å². The molecule has 0 radical (unpaired) electrons. The van der Waals surface area contributed by atoms with Crippen molar-refractivity contribution >= 4 is 15.9 Å². The SMILES string of the molecule is CCCCC(CC)CC(NCCC)c1ncccc1Br. The molecule has 0 aliphatic carbocycles. The van der Waals surface area contributed by atoms with Gasteiger partial charge in [-0.2, -0.15) is 0 Å². The molecule has 2 nitrogen and oxygen atoms in total.